The van der Waals surface area contributed by atoms with E-state index in [2.05, 4.69) is 35.6 Å². The summed E-state index contributed by atoms with van der Waals surface area (Å²) in [4.78, 5) is 24.2. The number of anilines is 1. The molecule has 1 amide bonds. The largest absolute Gasteiger partial charge is 0.506 e. The Labute approximate surface area is 347 Å². The summed E-state index contributed by atoms with van der Waals surface area (Å²) in [5.74, 6) is -0.675. The Kier molecular flexibility index (Phi) is 15.1. The van der Waals surface area contributed by atoms with Crippen molar-refractivity contribution in [3.63, 3.8) is 0 Å². The summed E-state index contributed by atoms with van der Waals surface area (Å²) in [6.07, 6.45) is 1.39. The van der Waals surface area contributed by atoms with Crippen LogP contribution in [0.1, 0.15) is 5.69 Å². The van der Waals surface area contributed by atoms with Crippen LogP contribution in [0.4, 0.5) is 33.2 Å². The number of ether oxygens (including phenoxy) is 1. The number of azo groups is 2. The maximum atomic E-state index is 12.6. The van der Waals surface area contributed by atoms with Crippen LogP contribution in [0, 0.1) is 6.92 Å². The van der Waals surface area contributed by atoms with Crippen LogP contribution < -0.4 is 22.1 Å². The number of fused-ring (bicyclic) bond motifs is 1. The zero-order valence-corrected chi connectivity index (χ0v) is 34.6. The molecule has 58 heavy (non-hydrogen) atoms. The van der Waals surface area contributed by atoms with Gasteiger partial charge >= 0.3 is 6.09 Å². The van der Waals surface area contributed by atoms with E-state index in [4.69, 9.17) is 11.6 Å². The second kappa shape index (κ2) is 18.9. The Hall–Kier alpha value is -6.08. The number of methoxy groups -OCH3 is 1. The van der Waals surface area contributed by atoms with E-state index in [1.165, 1.54) is 54.3 Å². The molecule has 0 saturated heterocycles. The topological polar surface area (TPSA) is 291 Å². The van der Waals surface area contributed by atoms with Gasteiger partial charge in [0.2, 0.25) is 0 Å². The number of rotatable bonds is 8. The van der Waals surface area contributed by atoms with Crippen molar-refractivity contribution < 1.29 is 64.2 Å². The predicted molar refractivity (Wildman–Crippen MR) is 212 cm³/mol. The predicted octanol–water partition coefficient (Wildman–Crippen LogP) is 6.14. The third-order valence-corrected chi connectivity index (χ3v) is 10.3. The monoisotopic (exact) mass is 891 g/mol. The number of aromatic amines is 1. The van der Waals surface area contributed by atoms with Crippen molar-refractivity contribution in [2.45, 2.75) is 16.7 Å². The smallest absolute Gasteiger partial charge is 0.411 e. The Morgan fingerprint density at radius 2 is 1.41 bits per heavy atom. The van der Waals surface area contributed by atoms with Crippen LogP contribution in [-0.4, -0.2) is 67.7 Å². The van der Waals surface area contributed by atoms with Gasteiger partial charge in [0.1, 0.15) is 17.2 Å². The number of hydrogen-bond donors (Lipinski definition) is 7. The van der Waals surface area contributed by atoms with Crippen LogP contribution in [-0.2, 0) is 41.8 Å². The van der Waals surface area contributed by atoms with Crippen LogP contribution in [0.15, 0.2) is 121 Å². The molecule has 304 valence electrons. The number of phenolic OH excluding ortho intramolecular Hbond substituents is 3. The second-order valence-electron chi connectivity index (χ2n) is 12.0. The first kappa shape index (κ1) is 46.3. The summed E-state index contributed by atoms with van der Waals surface area (Å²) in [6.45, 7) is 1.64. The van der Waals surface area contributed by atoms with Gasteiger partial charge in [0.25, 0.3) is 11.2 Å². The fraction of sp³-hybridized carbons (Fsp3) is 0.111. The van der Waals surface area contributed by atoms with Gasteiger partial charge in [-0.1, -0.05) is 41.0 Å². The number of nitrogens with zero attached hydrogens (tertiary/aromatic N) is 4. The molecule has 1 aromatic heterocycles. The van der Waals surface area contributed by atoms with Gasteiger partial charge in [0.05, 0.1) is 39.4 Å². The number of nitrogens with one attached hydrogen (secondary N) is 3. The molecular formula is C36H36ClCrN8O10S2+. The van der Waals surface area contributed by atoms with Crippen molar-refractivity contribution in [2.75, 3.05) is 24.9 Å². The molecule has 6 aromatic rings. The quantitative estimate of drug-likeness (QED) is 0.0673. The third-order valence-electron chi connectivity index (χ3n) is 7.85. The van der Waals surface area contributed by atoms with Crippen molar-refractivity contribution >= 4 is 76.6 Å². The minimum absolute atomic E-state index is 0. The average molecular weight is 892 g/mol. The zero-order valence-electron chi connectivity index (χ0n) is 31.0. The standard InChI is InChI=1S/C19H17N3O6S.C17H15ClN4O4S.Cr.H3N/c1-28-19(25)20-13-5-3-4-11-6-8-16(24)18(17(11)13)22-21-14-10-12(29(2,26)27)7-9-15(14)23;1-10-16(17(24)22(21-10)12-5-3-4-11(18)8-12)20-19-14-9-13(27(2,25)26)6-7-15(14)23;;/h3-10,23-24H,1-2H3,(H,20,25);3-9,21,23H,1-2H3;;1H3/p+1. The van der Waals surface area contributed by atoms with E-state index in [-0.39, 0.29) is 73.3 Å². The van der Waals surface area contributed by atoms with E-state index >= 15 is 0 Å². The minimum Gasteiger partial charge on any atom is -0.506 e. The molecule has 18 nitrogen and oxygen atoms in total. The normalized spacial score (nSPS) is 11.4. The molecule has 1 heterocycles. The summed E-state index contributed by atoms with van der Waals surface area (Å²) in [5.41, 5.74) is 0.948. The molecule has 9 N–H and O–H groups in total. The fourth-order valence-corrected chi connectivity index (χ4v) is 6.52. The van der Waals surface area contributed by atoms with Crippen molar-refractivity contribution in [3.8, 4) is 22.9 Å². The number of aryl methyl sites for hydroxylation is 1. The number of aromatic nitrogens is 2. The van der Waals surface area contributed by atoms with E-state index in [0.29, 0.717) is 32.9 Å². The van der Waals surface area contributed by atoms with Gasteiger partial charge in [-0.05, 0) is 79.0 Å². The molecule has 0 aliphatic rings. The SMILES string of the molecule is COC(=O)Nc1cccc2ccc(O)c([NH+]=Nc3cc(S(C)(=O)=O)ccc3O)c12.Cc1[nH]n(-c2cccc(Cl)c2)c(=O)c1N=Nc1cc(S(C)(=O)=O)ccc1O.N.[Cr]. The summed E-state index contributed by atoms with van der Waals surface area (Å²) in [6, 6.07) is 22.2. The van der Waals surface area contributed by atoms with Gasteiger partial charge in [0, 0.05) is 40.0 Å². The number of phenols is 3. The molecule has 0 aliphatic heterocycles. The molecule has 0 atom stereocenters. The summed E-state index contributed by atoms with van der Waals surface area (Å²) in [7, 11) is -5.75. The molecule has 0 unspecified atom stereocenters. The van der Waals surface area contributed by atoms with Gasteiger partial charge < -0.3 is 26.2 Å². The Morgan fingerprint density at radius 3 is 2.02 bits per heavy atom. The molecule has 0 radical (unpaired) electrons. The van der Waals surface area contributed by atoms with Gasteiger partial charge in [-0.2, -0.15) is 0 Å². The number of carbonyl (C=O) groups excluding carboxylic acids is 1. The van der Waals surface area contributed by atoms with Crippen molar-refractivity contribution in [3.05, 3.63) is 112 Å². The van der Waals surface area contributed by atoms with E-state index in [0.717, 1.165) is 12.5 Å². The number of H-pyrrole nitrogens is 1. The molecule has 0 fully saturated rings. The molecule has 6 rings (SSSR count). The van der Waals surface area contributed by atoms with Gasteiger partial charge in [0.15, 0.2) is 36.8 Å². The van der Waals surface area contributed by atoms with Crippen LogP contribution in [0.3, 0.4) is 0 Å². The Bertz CT molecular complexity index is 2850. The molecular weight excluding hydrogens is 856 g/mol. The van der Waals surface area contributed by atoms with Gasteiger partial charge in [-0.3, -0.25) is 15.2 Å². The van der Waals surface area contributed by atoms with Gasteiger partial charge in [-0.25, -0.2) is 26.3 Å². The first-order chi connectivity index (χ1) is 26.4. The maximum absolute atomic E-state index is 12.6. The first-order valence-electron chi connectivity index (χ1n) is 16.0. The fourth-order valence-electron chi connectivity index (χ4n) is 5.06. The maximum Gasteiger partial charge on any atom is 0.411 e. The van der Waals surface area contributed by atoms with Crippen molar-refractivity contribution in [2.24, 2.45) is 15.3 Å². The number of amides is 1. The number of benzene rings is 5. The van der Waals surface area contributed by atoms with E-state index in [1.807, 2.05) is 0 Å². The second-order valence-corrected chi connectivity index (χ2v) is 16.4. The summed E-state index contributed by atoms with van der Waals surface area (Å²) in [5, 5.41) is 51.7. The molecule has 5 aromatic carbocycles. The third kappa shape index (κ3) is 10.9. The Balaban J connectivity index is 0.000000301. The van der Waals surface area contributed by atoms with Crippen LogP contribution in [0.2, 0.25) is 5.02 Å². The average Bonchev–Trinajstić information content (AvgIpc) is 3.42. The molecule has 0 saturated carbocycles. The van der Waals surface area contributed by atoms with E-state index < -0.39 is 31.3 Å². The number of sulfone groups is 2. The number of hydrogen-bond acceptors (Lipinski definition) is 14. The summed E-state index contributed by atoms with van der Waals surface area (Å²) < 4.78 is 52.6. The van der Waals surface area contributed by atoms with Crippen molar-refractivity contribution in [1.29, 1.82) is 0 Å². The van der Waals surface area contributed by atoms with Crippen LogP contribution >= 0.6 is 11.6 Å². The molecule has 0 bridgehead atoms. The van der Waals surface area contributed by atoms with Crippen molar-refractivity contribution in [1.82, 2.24) is 15.9 Å². The van der Waals surface area contributed by atoms with Gasteiger partial charge in [-0.15, -0.1) is 10.2 Å². The molecule has 0 aliphatic carbocycles. The molecule has 22 heteroatoms. The van der Waals surface area contributed by atoms with E-state index in [9.17, 15) is 41.7 Å². The minimum atomic E-state index is -3.50. The first-order valence-corrected chi connectivity index (χ1v) is 20.2. The zero-order chi connectivity index (χ0) is 40.9. The Morgan fingerprint density at radius 1 is 0.828 bits per heavy atom. The van der Waals surface area contributed by atoms with E-state index in [1.54, 1.807) is 55.5 Å². The summed E-state index contributed by atoms with van der Waals surface area (Å²) >= 11 is 5.96. The number of carbonyl (C=O) groups is 1. The number of aromatic hydroxyl groups is 3. The van der Waals surface area contributed by atoms with Crippen LogP contribution in [0.5, 0.6) is 17.2 Å². The number of halogens is 1. The molecule has 0 spiro atoms. The van der Waals surface area contributed by atoms with Crippen LogP contribution in [0.25, 0.3) is 16.5 Å².